The predicted molar refractivity (Wildman–Crippen MR) is 119 cm³/mol. The molecule has 0 fully saturated rings. The molecule has 0 N–H and O–H groups in total. The first kappa shape index (κ1) is 20.2. The van der Waals surface area contributed by atoms with E-state index >= 15 is 0 Å². The summed E-state index contributed by atoms with van der Waals surface area (Å²) in [6.45, 7) is 1.57. The molecule has 0 bridgehead atoms. The molecule has 0 unspecified atom stereocenters. The van der Waals surface area contributed by atoms with Crippen LogP contribution in [0.1, 0.15) is 11.1 Å². The number of benzene rings is 3. The van der Waals surface area contributed by atoms with E-state index in [2.05, 4.69) is 36.4 Å². The third-order valence-corrected chi connectivity index (χ3v) is 5.53. The van der Waals surface area contributed by atoms with Crippen LogP contribution in [-0.4, -0.2) is 10.8 Å². The predicted octanol–water partition coefficient (Wildman–Crippen LogP) is 5.00. The molecule has 4 rings (SSSR count). The lowest BCUT2D eigenvalue weighted by Gasteiger charge is -2.21. The first-order valence-electron chi connectivity index (χ1n) is 9.01. The highest BCUT2D eigenvalue weighted by Gasteiger charge is 2.21. The van der Waals surface area contributed by atoms with E-state index in [0.717, 1.165) is 16.6 Å². The molecule has 28 heavy (non-hydrogen) atoms. The molecule has 3 aromatic carbocycles. The van der Waals surface area contributed by atoms with Crippen LogP contribution in [0.2, 0.25) is 0 Å². The number of hydrogen-bond donors (Lipinski definition) is 0. The van der Waals surface area contributed by atoms with E-state index in [-0.39, 0.29) is 22.9 Å². The molecule has 1 heterocycles. The van der Waals surface area contributed by atoms with Crippen molar-refractivity contribution in [1.82, 2.24) is 4.90 Å². The van der Waals surface area contributed by atoms with Crippen molar-refractivity contribution in [3.63, 3.8) is 0 Å². The Labute approximate surface area is 179 Å². The minimum atomic E-state index is 0. The van der Waals surface area contributed by atoms with Crippen LogP contribution in [0.4, 0.5) is 0 Å². The Morgan fingerprint density at radius 3 is 1.93 bits per heavy atom. The first-order chi connectivity index (χ1) is 13.3. The van der Waals surface area contributed by atoms with Crippen LogP contribution in [0, 0.1) is 0 Å². The summed E-state index contributed by atoms with van der Waals surface area (Å²) in [4.78, 5) is 15.1. The summed E-state index contributed by atoms with van der Waals surface area (Å²) in [5.74, 6) is 0.122. The largest absolute Gasteiger partial charge is 0.329 e. The molecule has 3 nitrogen and oxygen atoms in total. The van der Waals surface area contributed by atoms with Crippen molar-refractivity contribution in [1.29, 1.82) is 0 Å². The van der Waals surface area contributed by atoms with Crippen molar-refractivity contribution >= 4 is 44.4 Å². The lowest BCUT2D eigenvalue weighted by atomic mass is 10.1. The molecule has 0 aliphatic rings. The number of aromatic nitrogens is 1. The molecule has 142 valence electrons. The minimum Gasteiger partial charge on any atom is -0.329 e. The van der Waals surface area contributed by atoms with E-state index in [0.29, 0.717) is 19.6 Å². The number of carbonyl (C=O) groups is 1. The number of thiazole rings is 1. The molecule has 5 heteroatoms. The molecule has 0 atom stereocenters. The second kappa shape index (κ2) is 9.62. The summed E-state index contributed by atoms with van der Waals surface area (Å²) < 4.78 is 3.24. The Balaban J connectivity index is 0.00000225. The molecule has 0 saturated heterocycles. The Morgan fingerprint density at radius 1 is 0.786 bits per heavy atom. The first-order valence-corrected chi connectivity index (χ1v) is 9.89. The van der Waals surface area contributed by atoms with Crippen LogP contribution < -0.4 is 4.57 Å². The fraction of sp³-hybridized carbons (Fsp3) is 0.130. The zero-order valence-electron chi connectivity index (χ0n) is 15.4. The maximum Gasteiger partial charge on any atom is 0.289 e. The summed E-state index contributed by atoms with van der Waals surface area (Å²) >= 11 is 1.67. The Bertz CT molecular complexity index is 993. The molecule has 1 aromatic heterocycles. The summed E-state index contributed by atoms with van der Waals surface area (Å²) in [6, 6.07) is 28.5. The minimum absolute atomic E-state index is 0. The van der Waals surface area contributed by atoms with E-state index in [1.165, 1.54) is 4.70 Å². The van der Waals surface area contributed by atoms with Gasteiger partial charge in [-0.2, -0.15) is 4.57 Å². The van der Waals surface area contributed by atoms with Crippen LogP contribution in [-0.2, 0) is 24.4 Å². The van der Waals surface area contributed by atoms with Gasteiger partial charge >= 0.3 is 0 Å². The van der Waals surface area contributed by atoms with Gasteiger partial charge in [0.1, 0.15) is 4.70 Å². The van der Waals surface area contributed by atoms with Crippen molar-refractivity contribution in [3.05, 3.63) is 102 Å². The zero-order valence-corrected chi connectivity index (χ0v) is 17.9. The molecule has 1 amide bonds. The summed E-state index contributed by atoms with van der Waals surface area (Å²) in [5, 5.41) is 0. The van der Waals surface area contributed by atoms with E-state index < -0.39 is 0 Å². The van der Waals surface area contributed by atoms with Crippen molar-refractivity contribution in [2.24, 2.45) is 0 Å². The number of hydrogen-bond acceptors (Lipinski definition) is 2. The number of fused-ring (bicyclic) bond motifs is 1. The monoisotopic (exact) mass is 453 g/mol. The van der Waals surface area contributed by atoms with Gasteiger partial charge in [-0.1, -0.05) is 84.1 Å². The van der Waals surface area contributed by atoms with Gasteiger partial charge in [-0.15, -0.1) is 17.0 Å². The summed E-state index contributed by atoms with van der Waals surface area (Å²) in [6.07, 6.45) is 0. The third-order valence-electron chi connectivity index (χ3n) is 4.57. The smallest absolute Gasteiger partial charge is 0.289 e. The van der Waals surface area contributed by atoms with Gasteiger partial charge in [-0.25, -0.2) is 0 Å². The Hall–Kier alpha value is -2.50. The topological polar surface area (TPSA) is 24.2 Å². The number of carbonyl (C=O) groups excluding carboxylic acids is 1. The zero-order chi connectivity index (χ0) is 18.5. The van der Waals surface area contributed by atoms with Crippen LogP contribution in [0.3, 0.4) is 0 Å². The van der Waals surface area contributed by atoms with E-state index in [4.69, 9.17) is 0 Å². The van der Waals surface area contributed by atoms with Crippen molar-refractivity contribution in [3.8, 4) is 0 Å². The highest BCUT2D eigenvalue weighted by molar-refractivity contribution is 8.93. The van der Waals surface area contributed by atoms with Gasteiger partial charge in [-0.3, -0.25) is 4.79 Å². The molecular formula is C23H22BrN2OS+. The lowest BCUT2D eigenvalue weighted by Crippen LogP contribution is -2.43. The number of halogens is 1. The van der Waals surface area contributed by atoms with Crippen LogP contribution in [0.25, 0.3) is 10.2 Å². The molecule has 0 aliphatic carbocycles. The quantitative estimate of drug-likeness (QED) is 0.377. The van der Waals surface area contributed by atoms with Crippen molar-refractivity contribution < 1.29 is 9.36 Å². The van der Waals surface area contributed by atoms with Crippen molar-refractivity contribution in [2.75, 3.05) is 0 Å². The maximum atomic E-state index is 13.2. The number of para-hydroxylation sites is 1. The normalized spacial score (nSPS) is 10.4. The molecule has 4 aromatic rings. The van der Waals surface area contributed by atoms with Gasteiger partial charge in [0.15, 0.2) is 0 Å². The molecule has 0 radical (unpaired) electrons. The highest BCUT2D eigenvalue weighted by Crippen LogP contribution is 2.16. The van der Waals surface area contributed by atoms with E-state index in [1.807, 2.05) is 63.5 Å². The number of amides is 1. The second-order valence-electron chi connectivity index (χ2n) is 6.54. The van der Waals surface area contributed by atoms with E-state index in [1.54, 1.807) is 11.3 Å². The fourth-order valence-corrected chi connectivity index (χ4v) is 4.07. The van der Waals surface area contributed by atoms with Gasteiger partial charge in [-0.05, 0) is 17.2 Å². The third kappa shape index (κ3) is 4.86. The summed E-state index contributed by atoms with van der Waals surface area (Å²) in [5.41, 5.74) is 5.42. The average molecular weight is 454 g/mol. The van der Waals surface area contributed by atoms with Crippen LogP contribution in [0.5, 0.6) is 0 Å². The maximum absolute atomic E-state index is 13.2. The van der Waals surface area contributed by atoms with Gasteiger partial charge in [0, 0.05) is 19.2 Å². The van der Waals surface area contributed by atoms with Crippen molar-refractivity contribution in [2.45, 2.75) is 19.6 Å². The van der Waals surface area contributed by atoms with Gasteiger partial charge in [0.25, 0.3) is 5.91 Å². The Kier molecular flexibility index (Phi) is 6.95. The Morgan fingerprint density at radius 2 is 1.32 bits per heavy atom. The number of rotatable bonds is 6. The van der Waals surface area contributed by atoms with E-state index in [9.17, 15) is 4.79 Å². The van der Waals surface area contributed by atoms with Gasteiger partial charge in [0.2, 0.25) is 17.6 Å². The highest BCUT2D eigenvalue weighted by atomic mass is 79.9. The van der Waals surface area contributed by atoms with Crippen LogP contribution >= 0.6 is 28.3 Å². The van der Waals surface area contributed by atoms with Gasteiger partial charge < -0.3 is 4.90 Å². The molecule has 0 aliphatic heterocycles. The van der Waals surface area contributed by atoms with Gasteiger partial charge in [0.05, 0.1) is 0 Å². The standard InChI is InChI=1S/C23H21N2OS.BrH/c26-23(17-25-18-27-22-14-8-7-13-21(22)25)24(15-19-9-3-1-4-10-19)16-20-11-5-2-6-12-20;/h1-14,18H,15-17H2;1H/q+1;. The SMILES string of the molecule is Br.O=C(C[n+]1csc2ccccc21)N(Cc1ccccc1)Cc1ccccc1. The summed E-state index contributed by atoms with van der Waals surface area (Å²) in [7, 11) is 0. The molecular weight excluding hydrogens is 432 g/mol. The molecule has 0 saturated carbocycles. The number of nitrogens with zero attached hydrogens (tertiary/aromatic N) is 2. The second-order valence-corrected chi connectivity index (χ2v) is 7.43. The van der Waals surface area contributed by atoms with Crippen LogP contribution in [0.15, 0.2) is 90.4 Å². The lowest BCUT2D eigenvalue weighted by molar-refractivity contribution is -0.655. The average Bonchev–Trinajstić information content (AvgIpc) is 3.12. The molecule has 0 spiro atoms. The fourth-order valence-electron chi connectivity index (χ4n) is 3.18.